The van der Waals surface area contributed by atoms with E-state index in [1.54, 1.807) is 0 Å². The summed E-state index contributed by atoms with van der Waals surface area (Å²) in [4.78, 5) is 4.26. The molecule has 1 heterocycles. The lowest BCUT2D eigenvalue weighted by molar-refractivity contribution is 0.319. The monoisotopic (exact) mass is 185 g/mol. The Hall–Kier alpha value is -1.75. The molecule has 0 fully saturated rings. The molecule has 0 N–H and O–H groups in total. The van der Waals surface area contributed by atoms with Gasteiger partial charge in [0.25, 0.3) is 5.90 Å². The van der Waals surface area contributed by atoms with Crippen molar-refractivity contribution in [1.29, 1.82) is 0 Å². The van der Waals surface area contributed by atoms with Gasteiger partial charge in [0.2, 0.25) is 0 Å². The van der Waals surface area contributed by atoms with E-state index in [1.165, 1.54) is 5.56 Å². The predicted molar refractivity (Wildman–Crippen MR) is 56.2 cm³/mol. The van der Waals surface area contributed by atoms with E-state index in [0.717, 1.165) is 6.42 Å². The van der Waals surface area contributed by atoms with E-state index in [0.29, 0.717) is 12.5 Å². The number of rotatable bonds is 2. The van der Waals surface area contributed by atoms with Gasteiger partial charge in [-0.1, -0.05) is 30.3 Å². The molecule has 14 heavy (non-hydrogen) atoms. The predicted octanol–water partition coefficient (Wildman–Crippen LogP) is 1.66. The van der Waals surface area contributed by atoms with Crippen molar-refractivity contribution >= 4 is 5.90 Å². The van der Waals surface area contributed by atoms with Crippen LogP contribution in [0.1, 0.15) is 5.56 Å². The number of hydrogen-bond donors (Lipinski definition) is 0. The summed E-state index contributed by atoms with van der Waals surface area (Å²) in [7, 11) is 0. The molecule has 1 aliphatic rings. The largest absolute Gasteiger partial charge is 0.469 e. The van der Waals surface area contributed by atoms with Crippen molar-refractivity contribution in [2.45, 2.75) is 12.5 Å². The maximum Gasteiger partial charge on any atom is 0.263 e. The molecule has 2 heteroatoms. The first kappa shape index (κ1) is 8.83. The maximum atomic E-state index is 5.20. The van der Waals surface area contributed by atoms with E-state index in [2.05, 4.69) is 23.0 Å². The fourth-order valence-corrected chi connectivity index (χ4v) is 1.49. The zero-order chi connectivity index (χ0) is 9.80. The minimum absolute atomic E-state index is 0.184. The average molecular weight is 185 g/mol. The molecule has 2 rings (SSSR count). The first-order valence-electron chi connectivity index (χ1n) is 4.59. The van der Waals surface area contributed by atoms with E-state index >= 15 is 0 Å². The van der Waals surface area contributed by atoms with Gasteiger partial charge >= 0.3 is 0 Å². The Kier molecular flexibility index (Phi) is 2.51. The standard InChI is InChI=1S/C12H11NO/c1-2-12-13-11(9-14-12)8-10-6-4-3-5-7-10/h1,3-7,11H,8-9H2/t11-/m0/s1. The lowest BCUT2D eigenvalue weighted by Gasteiger charge is -2.03. The van der Waals surface area contributed by atoms with Crippen LogP contribution in [0.25, 0.3) is 0 Å². The van der Waals surface area contributed by atoms with Gasteiger partial charge in [-0.05, 0) is 17.9 Å². The summed E-state index contributed by atoms with van der Waals surface area (Å²) in [6.45, 7) is 0.606. The number of terminal acetylenes is 1. The molecule has 1 aromatic carbocycles. The second-order valence-corrected chi connectivity index (χ2v) is 3.23. The summed E-state index contributed by atoms with van der Waals surface area (Å²) in [6, 6.07) is 10.4. The highest BCUT2D eigenvalue weighted by Crippen LogP contribution is 2.11. The highest BCUT2D eigenvalue weighted by Gasteiger charge is 2.17. The van der Waals surface area contributed by atoms with E-state index < -0.39 is 0 Å². The fraction of sp³-hybridized carbons (Fsp3) is 0.250. The Morgan fingerprint density at radius 1 is 1.43 bits per heavy atom. The number of nitrogens with zero attached hydrogens (tertiary/aromatic N) is 1. The molecular weight excluding hydrogens is 174 g/mol. The van der Waals surface area contributed by atoms with Crippen LogP contribution in [0.4, 0.5) is 0 Å². The molecule has 0 bridgehead atoms. The highest BCUT2D eigenvalue weighted by atomic mass is 16.5. The average Bonchev–Trinajstić information content (AvgIpc) is 2.67. The van der Waals surface area contributed by atoms with Crippen LogP contribution in [0.3, 0.4) is 0 Å². The van der Waals surface area contributed by atoms with Gasteiger partial charge in [0.05, 0.1) is 6.04 Å². The van der Waals surface area contributed by atoms with Crippen LogP contribution in [0.2, 0.25) is 0 Å². The molecule has 0 unspecified atom stereocenters. The van der Waals surface area contributed by atoms with Crippen molar-refractivity contribution in [3.63, 3.8) is 0 Å². The molecule has 1 aliphatic heterocycles. The maximum absolute atomic E-state index is 5.20. The molecule has 0 amide bonds. The summed E-state index contributed by atoms with van der Waals surface area (Å²) < 4.78 is 5.20. The SMILES string of the molecule is C#CC1=N[C@@H](Cc2ccccc2)CO1. The number of benzene rings is 1. The van der Waals surface area contributed by atoms with Crippen LogP contribution < -0.4 is 0 Å². The van der Waals surface area contributed by atoms with Gasteiger partial charge in [-0.2, -0.15) is 0 Å². The summed E-state index contributed by atoms with van der Waals surface area (Å²) in [5.41, 5.74) is 1.27. The van der Waals surface area contributed by atoms with E-state index in [-0.39, 0.29) is 6.04 Å². The van der Waals surface area contributed by atoms with Crippen molar-refractivity contribution in [3.05, 3.63) is 35.9 Å². The molecule has 0 saturated carbocycles. The zero-order valence-corrected chi connectivity index (χ0v) is 7.81. The van der Waals surface area contributed by atoms with Gasteiger partial charge in [-0.3, -0.25) is 0 Å². The Morgan fingerprint density at radius 2 is 2.21 bits per heavy atom. The van der Waals surface area contributed by atoms with Crippen LogP contribution >= 0.6 is 0 Å². The molecule has 0 spiro atoms. The van der Waals surface area contributed by atoms with Gasteiger partial charge < -0.3 is 4.74 Å². The Balaban J connectivity index is 2.01. The molecule has 0 saturated heterocycles. The molecule has 0 aromatic heterocycles. The lowest BCUT2D eigenvalue weighted by atomic mass is 10.1. The Labute approximate surface area is 83.6 Å². The van der Waals surface area contributed by atoms with Gasteiger partial charge in [0.15, 0.2) is 0 Å². The van der Waals surface area contributed by atoms with Gasteiger partial charge in [-0.15, -0.1) is 6.42 Å². The molecule has 70 valence electrons. The van der Waals surface area contributed by atoms with Crippen LogP contribution in [-0.2, 0) is 11.2 Å². The first-order valence-corrected chi connectivity index (χ1v) is 4.59. The third kappa shape index (κ3) is 1.94. The third-order valence-corrected chi connectivity index (χ3v) is 2.15. The number of aliphatic imine (C=N–C) groups is 1. The minimum atomic E-state index is 0.184. The summed E-state index contributed by atoms with van der Waals surface area (Å²) in [5, 5.41) is 0. The van der Waals surface area contributed by atoms with Gasteiger partial charge in [-0.25, -0.2) is 4.99 Å². The molecule has 1 aromatic rings. The third-order valence-electron chi connectivity index (χ3n) is 2.15. The highest BCUT2D eigenvalue weighted by molar-refractivity contribution is 5.94. The fourth-order valence-electron chi connectivity index (χ4n) is 1.49. The summed E-state index contributed by atoms with van der Waals surface area (Å²) in [5.74, 6) is 2.84. The summed E-state index contributed by atoms with van der Waals surface area (Å²) >= 11 is 0. The van der Waals surface area contributed by atoms with Crippen molar-refractivity contribution in [1.82, 2.24) is 0 Å². The smallest absolute Gasteiger partial charge is 0.263 e. The molecule has 1 atom stereocenters. The Bertz CT molecular complexity index is 375. The van der Waals surface area contributed by atoms with Crippen molar-refractivity contribution in [2.24, 2.45) is 4.99 Å². The van der Waals surface area contributed by atoms with Gasteiger partial charge in [0, 0.05) is 0 Å². The second-order valence-electron chi connectivity index (χ2n) is 3.23. The van der Waals surface area contributed by atoms with Crippen molar-refractivity contribution < 1.29 is 4.74 Å². The van der Waals surface area contributed by atoms with E-state index in [1.807, 2.05) is 18.2 Å². The van der Waals surface area contributed by atoms with Crippen LogP contribution in [0, 0.1) is 12.3 Å². The quantitative estimate of drug-likeness (QED) is 0.642. The lowest BCUT2D eigenvalue weighted by Crippen LogP contribution is -2.09. The zero-order valence-electron chi connectivity index (χ0n) is 7.81. The van der Waals surface area contributed by atoms with Crippen LogP contribution in [-0.4, -0.2) is 18.5 Å². The number of hydrogen-bond acceptors (Lipinski definition) is 2. The van der Waals surface area contributed by atoms with E-state index in [4.69, 9.17) is 11.2 Å². The topological polar surface area (TPSA) is 21.6 Å². The minimum Gasteiger partial charge on any atom is -0.469 e. The van der Waals surface area contributed by atoms with E-state index in [9.17, 15) is 0 Å². The molecule has 0 aliphatic carbocycles. The summed E-state index contributed by atoms with van der Waals surface area (Å²) in [6.07, 6.45) is 6.08. The van der Waals surface area contributed by atoms with Crippen LogP contribution in [0.15, 0.2) is 35.3 Å². The second kappa shape index (κ2) is 3.97. The van der Waals surface area contributed by atoms with Crippen molar-refractivity contribution in [3.8, 4) is 12.3 Å². The first-order chi connectivity index (χ1) is 6.88. The van der Waals surface area contributed by atoms with Crippen LogP contribution in [0.5, 0.6) is 0 Å². The van der Waals surface area contributed by atoms with Gasteiger partial charge in [0.1, 0.15) is 6.61 Å². The molecular formula is C12H11NO. The Morgan fingerprint density at radius 3 is 2.86 bits per heavy atom. The molecule has 0 radical (unpaired) electrons. The molecule has 2 nitrogen and oxygen atoms in total. The normalized spacial score (nSPS) is 19.6. The van der Waals surface area contributed by atoms with Crippen molar-refractivity contribution in [2.75, 3.05) is 6.61 Å². The number of ether oxygens (including phenoxy) is 1.